The lowest BCUT2D eigenvalue weighted by Crippen LogP contribution is -2.41. The van der Waals surface area contributed by atoms with Crippen molar-refractivity contribution in [1.82, 2.24) is 15.0 Å². The molecule has 0 saturated heterocycles. The zero-order chi connectivity index (χ0) is 22.9. The van der Waals surface area contributed by atoms with Crippen molar-refractivity contribution in [1.29, 1.82) is 0 Å². The van der Waals surface area contributed by atoms with Gasteiger partial charge in [0.2, 0.25) is 0 Å². The maximum absolute atomic E-state index is 13.0. The van der Waals surface area contributed by atoms with Crippen LogP contribution in [0.3, 0.4) is 0 Å². The van der Waals surface area contributed by atoms with E-state index < -0.39 is 0 Å². The second kappa shape index (κ2) is 8.84. The van der Waals surface area contributed by atoms with Crippen molar-refractivity contribution in [3.8, 4) is 17.0 Å². The Kier molecular flexibility index (Phi) is 6.13. The molecule has 7 heteroatoms. The third-order valence-corrected chi connectivity index (χ3v) is 6.39. The predicted molar refractivity (Wildman–Crippen MR) is 130 cm³/mol. The Bertz CT molecular complexity index is 1150. The van der Waals surface area contributed by atoms with Gasteiger partial charge in [-0.05, 0) is 79.5 Å². The maximum Gasteiger partial charge on any atom is 0.322 e. The minimum Gasteiger partial charge on any atom is -0.508 e. The van der Waals surface area contributed by atoms with E-state index in [4.69, 9.17) is 4.98 Å². The maximum atomic E-state index is 13.0. The third kappa shape index (κ3) is 4.45. The molecule has 1 aliphatic rings. The number of carbonyl (C=O) groups is 1. The van der Waals surface area contributed by atoms with E-state index in [1.165, 1.54) is 0 Å². The molecule has 2 aromatic carbocycles. The van der Waals surface area contributed by atoms with Gasteiger partial charge in [-0.15, -0.1) is 0 Å². The van der Waals surface area contributed by atoms with E-state index in [9.17, 15) is 9.90 Å². The number of carbonyl (C=O) groups excluding carboxylic acids is 1. The molecule has 0 aliphatic carbocycles. The number of amides is 2. The van der Waals surface area contributed by atoms with Gasteiger partial charge in [0.05, 0.1) is 17.1 Å². The molecule has 6 nitrogen and oxygen atoms in total. The largest absolute Gasteiger partial charge is 0.508 e. The zero-order valence-electron chi connectivity index (χ0n) is 18.8. The molecular weight excluding hydrogens is 420 g/mol. The molecule has 4 rings (SSSR count). The summed E-state index contributed by atoms with van der Waals surface area (Å²) < 4.78 is 3.05. The summed E-state index contributed by atoms with van der Waals surface area (Å²) in [6.45, 7) is 7.21. The Morgan fingerprint density at radius 2 is 1.91 bits per heavy atom. The Labute approximate surface area is 193 Å². The van der Waals surface area contributed by atoms with Crippen molar-refractivity contribution >= 4 is 23.7 Å². The number of hydrogen-bond donors (Lipinski definition) is 3. The summed E-state index contributed by atoms with van der Waals surface area (Å²) in [6.07, 6.45) is 0. The molecule has 2 amide bonds. The molecule has 0 fully saturated rings. The molecule has 32 heavy (non-hydrogen) atoms. The van der Waals surface area contributed by atoms with Gasteiger partial charge in [-0.3, -0.25) is 9.62 Å². The van der Waals surface area contributed by atoms with Crippen LogP contribution in [0.2, 0.25) is 0 Å². The number of phenolic OH excluding ortho intramolecular Hbond substituents is 1. The minimum atomic E-state index is -0.264. The zero-order valence-corrected chi connectivity index (χ0v) is 19.6. The highest BCUT2D eigenvalue weighted by atomic mass is 32.2. The smallest absolute Gasteiger partial charge is 0.322 e. The molecule has 0 radical (unpaired) electrons. The topological polar surface area (TPSA) is 77.5 Å². The quantitative estimate of drug-likeness (QED) is 0.479. The molecule has 0 saturated carbocycles. The van der Waals surface area contributed by atoms with Gasteiger partial charge in [0.1, 0.15) is 5.75 Å². The summed E-state index contributed by atoms with van der Waals surface area (Å²) in [5, 5.41) is 12.8. The van der Waals surface area contributed by atoms with Gasteiger partial charge in [0.15, 0.2) is 0 Å². The number of hydrogen-bond acceptors (Lipinski definition) is 5. The number of anilines is 1. The number of nitrogens with zero attached hydrogens (tertiary/aromatic N) is 2. The monoisotopic (exact) mass is 448 g/mol. The molecular formula is C25H28N4O2S. The fourth-order valence-electron chi connectivity index (χ4n) is 4.06. The number of phenols is 1. The number of aryl methyl sites for hydroxylation is 1. The predicted octanol–water partition coefficient (Wildman–Crippen LogP) is 5.00. The van der Waals surface area contributed by atoms with Gasteiger partial charge >= 0.3 is 6.03 Å². The second-order valence-corrected chi connectivity index (χ2v) is 9.73. The van der Waals surface area contributed by atoms with Crippen LogP contribution in [0.25, 0.3) is 11.3 Å². The Morgan fingerprint density at radius 1 is 1.16 bits per heavy atom. The lowest BCUT2D eigenvalue weighted by molar-refractivity contribution is 0.245. The highest BCUT2D eigenvalue weighted by Crippen LogP contribution is 2.40. The highest BCUT2D eigenvalue weighted by Gasteiger charge is 2.39. The van der Waals surface area contributed by atoms with Gasteiger partial charge in [0.25, 0.3) is 0 Å². The third-order valence-electron chi connectivity index (χ3n) is 5.68. The molecule has 0 bridgehead atoms. The lowest BCUT2D eigenvalue weighted by atomic mass is 9.91. The van der Waals surface area contributed by atoms with Crippen LogP contribution in [-0.4, -0.2) is 29.7 Å². The SMILES string of the molecule is CNSc1ccc(CNC(=O)N2CC(C)(C)c3nc(-c4ccc(O)cc4C)ccc32)cc1. The summed E-state index contributed by atoms with van der Waals surface area (Å²) in [7, 11) is 1.89. The molecule has 0 unspecified atom stereocenters. The molecule has 1 aromatic heterocycles. The summed E-state index contributed by atoms with van der Waals surface area (Å²) in [4.78, 5) is 20.9. The van der Waals surface area contributed by atoms with Crippen molar-refractivity contribution in [3.63, 3.8) is 0 Å². The molecule has 166 valence electrons. The number of benzene rings is 2. The van der Waals surface area contributed by atoms with Crippen molar-refractivity contribution in [2.75, 3.05) is 18.5 Å². The summed E-state index contributed by atoms with van der Waals surface area (Å²) in [5.41, 5.74) is 5.31. The number of fused-ring (bicyclic) bond motifs is 1. The van der Waals surface area contributed by atoms with E-state index in [-0.39, 0.29) is 17.2 Å². The fourth-order valence-corrected chi connectivity index (χ4v) is 4.56. The van der Waals surface area contributed by atoms with Crippen LogP contribution in [0.4, 0.5) is 10.5 Å². The molecule has 2 heterocycles. The van der Waals surface area contributed by atoms with E-state index in [0.717, 1.165) is 38.7 Å². The average Bonchev–Trinajstić information content (AvgIpc) is 3.04. The van der Waals surface area contributed by atoms with Gasteiger partial charge in [-0.2, -0.15) is 0 Å². The second-order valence-electron chi connectivity index (χ2n) is 8.64. The number of rotatable bonds is 5. The van der Waals surface area contributed by atoms with Crippen molar-refractivity contribution < 1.29 is 9.90 Å². The number of nitrogens with one attached hydrogen (secondary N) is 2. The van der Waals surface area contributed by atoms with Crippen LogP contribution >= 0.6 is 11.9 Å². The highest BCUT2D eigenvalue weighted by molar-refractivity contribution is 7.97. The van der Waals surface area contributed by atoms with Crippen LogP contribution in [-0.2, 0) is 12.0 Å². The first kappa shape index (κ1) is 22.2. The molecule has 3 aromatic rings. The van der Waals surface area contributed by atoms with Crippen LogP contribution in [0.15, 0.2) is 59.5 Å². The van der Waals surface area contributed by atoms with E-state index in [2.05, 4.69) is 23.9 Å². The minimum absolute atomic E-state index is 0.124. The van der Waals surface area contributed by atoms with E-state index in [1.807, 2.05) is 56.4 Å². The number of aromatic hydroxyl groups is 1. The summed E-state index contributed by atoms with van der Waals surface area (Å²) in [5.74, 6) is 0.242. The van der Waals surface area contributed by atoms with E-state index in [1.54, 1.807) is 29.0 Å². The number of aromatic nitrogens is 1. The Morgan fingerprint density at radius 3 is 2.59 bits per heavy atom. The molecule has 1 aliphatic heterocycles. The van der Waals surface area contributed by atoms with Crippen LogP contribution < -0.4 is 14.9 Å². The normalized spacial score (nSPS) is 14.3. The lowest BCUT2D eigenvalue weighted by Gasteiger charge is -2.20. The van der Waals surface area contributed by atoms with E-state index in [0.29, 0.717) is 13.1 Å². The van der Waals surface area contributed by atoms with Gasteiger partial charge in [0, 0.05) is 29.0 Å². The Balaban J connectivity index is 1.53. The van der Waals surface area contributed by atoms with Crippen LogP contribution in [0.1, 0.15) is 30.7 Å². The van der Waals surface area contributed by atoms with Crippen molar-refractivity contribution in [3.05, 3.63) is 71.4 Å². The first-order valence-corrected chi connectivity index (χ1v) is 11.4. The van der Waals surface area contributed by atoms with Crippen molar-refractivity contribution in [2.24, 2.45) is 0 Å². The number of urea groups is 1. The standard InChI is InChI=1S/C25H28N4O2S/c1-16-13-18(30)7-10-20(16)21-11-12-22-23(28-21)25(2,3)15-29(22)24(31)27-14-17-5-8-19(9-6-17)32-26-4/h5-13,26,30H,14-15H2,1-4H3,(H,27,31). The number of pyridine rings is 1. The summed E-state index contributed by atoms with van der Waals surface area (Å²) in [6, 6.07) is 17.2. The first-order chi connectivity index (χ1) is 15.3. The molecule has 3 N–H and O–H groups in total. The van der Waals surface area contributed by atoms with Gasteiger partial charge in [-0.25, -0.2) is 9.78 Å². The fraction of sp³-hybridized carbons (Fsp3) is 0.280. The van der Waals surface area contributed by atoms with E-state index >= 15 is 0 Å². The average molecular weight is 449 g/mol. The summed E-state index contributed by atoms with van der Waals surface area (Å²) >= 11 is 1.56. The van der Waals surface area contributed by atoms with Gasteiger partial charge < -0.3 is 10.4 Å². The first-order valence-electron chi connectivity index (χ1n) is 10.6. The molecule has 0 spiro atoms. The Hall–Kier alpha value is -3.03. The molecule has 0 atom stereocenters. The van der Waals surface area contributed by atoms with Crippen molar-refractivity contribution in [2.45, 2.75) is 37.6 Å². The van der Waals surface area contributed by atoms with Crippen LogP contribution in [0, 0.1) is 6.92 Å². The van der Waals surface area contributed by atoms with Gasteiger partial charge in [-0.1, -0.05) is 26.0 Å². The van der Waals surface area contributed by atoms with Crippen LogP contribution in [0.5, 0.6) is 5.75 Å².